The molecule has 2 unspecified atom stereocenters. The molecule has 0 fully saturated rings. The Kier molecular flexibility index (Phi) is 5.05. The molecule has 0 aliphatic heterocycles. The van der Waals surface area contributed by atoms with Gasteiger partial charge in [0.2, 0.25) is 0 Å². The summed E-state index contributed by atoms with van der Waals surface area (Å²) in [5.41, 5.74) is 4.11. The van der Waals surface area contributed by atoms with E-state index in [1.165, 1.54) is 19.1 Å². The van der Waals surface area contributed by atoms with Crippen LogP contribution in [-0.4, -0.2) is 19.6 Å². The molecule has 1 aliphatic carbocycles. The van der Waals surface area contributed by atoms with E-state index in [2.05, 4.69) is 25.2 Å². The smallest absolute Gasteiger partial charge is 0.338 e. The Morgan fingerprint density at radius 1 is 1.38 bits per heavy atom. The van der Waals surface area contributed by atoms with Gasteiger partial charge < -0.3 is 10.1 Å². The summed E-state index contributed by atoms with van der Waals surface area (Å²) in [5.74, 6) is 1.04. The normalized spacial score (nSPS) is 21.6. The number of carbonyl (C=O) groups excluding carboxylic acids is 1. The number of carbonyl (C=O) groups is 1. The van der Waals surface area contributed by atoms with Gasteiger partial charge >= 0.3 is 5.97 Å². The maximum Gasteiger partial charge on any atom is 0.338 e. The lowest BCUT2D eigenvalue weighted by atomic mass is 9.83. The zero-order chi connectivity index (χ0) is 15.4. The molecule has 1 N–H and O–H groups in total. The predicted molar refractivity (Wildman–Crippen MR) is 86.7 cm³/mol. The zero-order valence-electron chi connectivity index (χ0n) is 13.4. The first kappa shape index (κ1) is 15.6. The molecule has 3 heteroatoms. The average Bonchev–Trinajstić information content (AvgIpc) is 2.44. The highest BCUT2D eigenvalue weighted by Gasteiger charge is 2.18. The van der Waals surface area contributed by atoms with Crippen LogP contribution in [0.25, 0.3) is 0 Å². The van der Waals surface area contributed by atoms with Crippen LogP contribution in [0.1, 0.15) is 42.6 Å². The molecule has 114 valence electrons. The quantitative estimate of drug-likeness (QED) is 0.666. The van der Waals surface area contributed by atoms with Crippen molar-refractivity contribution < 1.29 is 9.53 Å². The summed E-state index contributed by atoms with van der Waals surface area (Å²) in [6, 6.07) is 5.73. The van der Waals surface area contributed by atoms with Crippen molar-refractivity contribution in [2.75, 3.05) is 19.0 Å². The number of anilines is 1. The van der Waals surface area contributed by atoms with E-state index in [1.807, 2.05) is 25.1 Å². The van der Waals surface area contributed by atoms with Gasteiger partial charge in [-0.05, 0) is 56.2 Å². The second kappa shape index (κ2) is 6.79. The molecule has 1 aliphatic rings. The maximum atomic E-state index is 11.7. The van der Waals surface area contributed by atoms with Crippen molar-refractivity contribution in [3.8, 4) is 0 Å². The number of nitrogens with one attached hydrogen (secondary N) is 1. The summed E-state index contributed by atoms with van der Waals surface area (Å²) in [4.78, 5) is 11.7. The molecule has 0 saturated heterocycles. The molecular weight excluding hydrogens is 262 g/mol. The van der Waals surface area contributed by atoms with E-state index in [4.69, 9.17) is 4.74 Å². The second-order valence-electron chi connectivity index (χ2n) is 6.15. The molecule has 0 radical (unpaired) electrons. The number of allylic oxidation sites excluding steroid dienone is 2. The molecule has 1 aromatic carbocycles. The van der Waals surface area contributed by atoms with Crippen molar-refractivity contribution in [3.63, 3.8) is 0 Å². The Bertz CT molecular complexity index is 548. The molecule has 0 spiro atoms. The van der Waals surface area contributed by atoms with E-state index in [9.17, 15) is 4.79 Å². The zero-order valence-corrected chi connectivity index (χ0v) is 13.4. The molecule has 3 nitrogen and oxygen atoms in total. The standard InChI is InChI=1S/C18H25NO2/c1-12-8-13(2)10-15(9-12)11-19-17-7-5-6-16(14(17)3)18(20)21-4/h5-8,12,15,19H,9-11H2,1-4H3. The van der Waals surface area contributed by atoms with E-state index in [-0.39, 0.29) is 5.97 Å². The third-order valence-corrected chi connectivity index (χ3v) is 4.21. The van der Waals surface area contributed by atoms with Crippen LogP contribution in [0.15, 0.2) is 29.8 Å². The van der Waals surface area contributed by atoms with Gasteiger partial charge in [0.25, 0.3) is 0 Å². The largest absolute Gasteiger partial charge is 0.465 e. The number of rotatable bonds is 4. The minimum absolute atomic E-state index is 0.277. The fraction of sp³-hybridized carbons (Fsp3) is 0.500. The number of hydrogen-bond donors (Lipinski definition) is 1. The van der Waals surface area contributed by atoms with E-state index >= 15 is 0 Å². The third-order valence-electron chi connectivity index (χ3n) is 4.21. The molecule has 21 heavy (non-hydrogen) atoms. The molecule has 0 aromatic heterocycles. The van der Waals surface area contributed by atoms with Gasteiger partial charge in [0.1, 0.15) is 0 Å². The van der Waals surface area contributed by atoms with Gasteiger partial charge in [0.15, 0.2) is 0 Å². The summed E-state index contributed by atoms with van der Waals surface area (Å²) in [7, 11) is 1.42. The van der Waals surface area contributed by atoms with Crippen molar-refractivity contribution in [2.24, 2.45) is 11.8 Å². The van der Waals surface area contributed by atoms with Crippen LogP contribution in [0.5, 0.6) is 0 Å². The predicted octanol–water partition coefficient (Wildman–Crippen LogP) is 4.19. The van der Waals surface area contributed by atoms with Gasteiger partial charge in [-0.15, -0.1) is 0 Å². The van der Waals surface area contributed by atoms with Crippen molar-refractivity contribution in [3.05, 3.63) is 41.0 Å². The van der Waals surface area contributed by atoms with E-state index in [0.29, 0.717) is 17.4 Å². The number of esters is 1. The Hall–Kier alpha value is -1.77. The molecule has 2 rings (SSSR count). The fourth-order valence-corrected chi connectivity index (χ4v) is 3.25. The van der Waals surface area contributed by atoms with E-state index in [1.54, 1.807) is 0 Å². The Morgan fingerprint density at radius 3 is 2.81 bits per heavy atom. The minimum atomic E-state index is -0.277. The summed E-state index contributed by atoms with van der Waals surface area (Å²) < 4.78 is 4.82. The highest BCUT2D eigenvalue weighted by atomic mass is 16.5. The van der Waals surface area contributed by atoms with Crippen molar-refractivity contribution in [2.45, 2.75) is 33.6 Å². The van der Waals surface area contributed by atoms with Crippen LogP contribution in [0.3, 0.4) is 0 Å². The molecular formula is C18H25NO2. The van der Waals surface area contributed by atoms with Gasteiger partial charge in [0.05, 0.1) is 12.7 Å². The SMILES string of the molecule is COC(=O)c1cccc(NCC2CC(C)=CC(C)C2)c1C. The van der Waals surface area contributed by atoms with E-state index < -0.39 is 0 Å². The first-order chi connectivity index (χ1) is 10.0. The minimum Gasteiger partial charge on any atom is -0.465 e. The highest BCUT2D eigenvalue weighted by Crippen LogP contribution is 2.28. The lowest BCUT2D eigenvalue weighted by Gasteiger charge is -2.26. The van der Waals surface area contributed by atoms with Gasteiger partial charge in [0, 0.05) is 12.2 Å². The number of hydrogen-bond acceptors (Lipinski definition) is 3. The van der Waals surface area contributed by atoms with Gasteiger partial charge in [-0.3, -0.25) is 0 Å². The van der Waals surface area contributed by atoms with Crippen molar-refractivity contribution >= 4 is 11.7 Å². The number of methoxy groups -OCH3 is 1. The fourth-order valence-electron chi connectivity index (χ4n) is 3.25. The highest BCUT2D eigenvalue weighted by molar-refractivity contribution is 5.92. The summed E-state index contributed by atoms with van der Waals surface area (Å²) in [6.07, 6.45) is 4.76. The second-order valence-corrected chi connectivity index (χ2v) is 6.15. The summed E-state index contributed by atoms with van der Waals surface area (Å²) in [5, 5.41) is 3.51. The molecule has 1 aromatic rings. The Labute approximate surface area is 127 Å². The van der Waals surface area contributed by atoms with Gasteiger partial charge in [-0.2, -0.15) is 0 Å². The molecule has 0 saturated carbocycles. The lowest BCUT2D eigenvalue weighted by Crippen LogP contribution is -2.20. The van der Waals surface area contributed by atoms with Crippen LogP contribution < -0.4 is 5.32 Å². The third kappa shape index (κ3) is 3.87. The lowest BCUT2D eigenvalue weighted by molar-refractivity contribution is 0.0600. The van der Waals surface area contributed by atoms with Crippen LogP contribution in [-0.2, 0) is 4.74 Å². The number of ether oxygens (including phenoxy) is 1. The van der Waals surface area contributed by atoms with Crippen molar-refractivity contribution in [1.82, 2.24) is 0 Å². The van der Waals surface area contributed by atoms with Gasteiger partial charge in [-0.25, -0.2) is 4.79 Å². The van der Waals surface area contributed by atoms with Crippen molar-refractivity contribution in [1.29, 1.82) is 0 Å². The first-order valence-electron chi connectivity index (χ1n) is 7.60. The van der Waals surface area contributed by atoms with E-state index in [0.717, 1.165) is 24.2 Å². The number of benzene rings is 1. The summed E-state index contributed by atoms with van der Waals surface area (Å²) >= 11 is 0. The average molecular weight is 287 g/mol. The first-order valence-corrected chi connectivity index (χ1v) is 7.60. The molecule has 2 atom stereocenters. The Morgan fingerprint density at radius 2 is 2.14 bits per heavy atom. The summed E-state index contributed by atoms with van der Waals surface area (Å²) in [6.45, 7) is 7.40. The topological polar surface area (TPSA) is 38.3 Å². The van der Waals surface area contributed by atoms with Crippen LogP contribution >= 0.6 is 0 Å². The van der Waals surface area contributed by atoms with Crippen LogP contribution in [0.4, 0.5) is 5.69 Å². The van der Waals surface area contributed by atoms with Gasteiger partial charge in [-0.1, -0.05) is 24.6 Å². The molecule has 0 amide bonds. The Balaban J connectivity index is 2.04. The van der Waals surface area contributed by atoms with Crippen LogP contribution in [0, 0.1) is 18.8 Å². The maximum absolute atomic E-state index is 11.7. The van der Waals surface area contributed by atoms with Crippen LogP contribution in [0.2, 0.25) is 0 Å². The molecule has 0 bridgehead atoms. The monoisotopic (exact) mass is 287 g/mol. The molecule has 0 heterocycles.